The zero-order valence-electron chi connectivity index (χ0n) is 7.58. The van der Waals surface area contributed by atoms with Crippen molar-refractivity contribution in [3.63, 3.8) is 0 Å². The Hall–Kier alpha value is -0.120. The lowest BCUT2D eigenvalue weighted by molar-refractivity contribution is -0.0938. The van der Waals surface area contributed by atoms with Gasteiger partial charge in [0, 0.05) is 19.7 Å². The van der Waals surface area contributed by atoms with E-state index in [9.17, 15) is 0 Å². The fourth-order valence-corrected chi connectivity index (χ4v) is 1.94. The van der Waals surface area contributed by atoms with Gasteiger partial charge in [-0.25, -0.2) is 0 Å². The van der Waals surface area contributed by atoms with Gasteiger partial charge in [0.1, 0.15) is 0 Å². The quantitative estimate of drug-likeness (QED) is 0.624. The van der Waals surface area contributed by atoms with Crippen molar-refractivity contribution in [2.45, 2.75) is 38.1 Å². The minimum Gasteiger partial charge on any atom is -0.375 e. The number of rotatable bonds is 1. The first-order valence-corrected chi connectivity index (χ1v) is 4.84. The van der Waals surface area contributed by atoms with Crippen LogP contribution in [0.3, 0.4) is 0 Å². The fourth-order valence-electron chi connectivity index (χ4n) is 1.94. The van der Waals surface area contributed by atoms with Gasteiger partial charge in [-0.2, -0.15) is 0 Å². The monoisotopic (exact) mass is 171 g/mol. The second kappa shape index (κ2) is 3.73. The van der Waals surface area contributed by atoms with Crippen molar-refractivity contribution in [3.8, 4) is 0 Å². The van der Waals surface area contributed by atoms with Crippen LogP contribution in [-0.2, 0) is 9.47 Å². The van der Waals surface area contributed by atoms with Crippen molar-refractivity contribution in [2.75, 3.05) is 19.7 Å². The maximum absolute atomic E-state index is 5.78. The minimum atomic E-state index is 0.288. The Bertz CT molecular complexity index is 145. The zero-order chi connectivity index (χ0) is 8.39. The molecule has 0 aliphatic carbocycles. The molecular weight excluding hydrogens is 154 g/mol. The van der Waals surface area contributed by atoms with E-state index in [1.807, 2.05) is 0 Å². The molecule has 2 aliphatic rings. The molecule has 0 bridgehead atoms. The number of hydrogen-bond donors (Lipinski definition) is 1. The van der Waals surface area contributed by atoms with Crippen LogP contribution in [0.1, 0.15) is 19.8 Å². The van der Waals surface area contributed by atoms with E-state index in [1.54, 1.807) is 0 Å². The highest BCUT2D eigenvalue weighted by atomic mass is 16.5. The first kappa shape index (κ1) is 8.48. The van der Waals surface area contributed by atoms with Crippen molar-refractivity contribution in [3.05, 3.63) is 0 Å². The summed E-state index contributed by atoms with van der Waals surface area (Å²) in [6, 6.07) is 0. The van der Waals surface area contributed by atoms with Crippen molar-refractivity contribution in [2.24, 2.45) is 0 Å². The summed E-state index contributed by atoms with van der Waals surface area (Å²) in [5, 5.41) is 3.36. The van der Waals surface area contributed by atoms with Crippen molar-refractivity contribution in [1.82, 2.24) is 5.32 Å². The number of hydrogen-bond acceptors (Lipinski definition) is 3. The van der Waals surface area contributed by atoms with E-state index in [4.69, 9.17) is 9.47 Å². The van der Waals surface area contributed by atoms with Crippen molar-refractivity contribution >= 4 is 0 Å². The molecule has 2 heterocycles. The van der Waals surface area contributed by atoms with Crippen LogP contribution in [0.25, 0.3) is 0 Å². The van der Waals surface area contributed by atoms with Gasteiger partial charge in [-0.3, -0.25) is 0 Å². The number of morpholine rings is 1. The standard InChI is InChI=1S/C9H17NO2/c1-7-5-10-6-9(12-7)8-3-2-4-11-8/h7-10H,2-6H2,1H3. The predicted molar refractivity (Wildman–Crippen MR) is 46.2 cm³/mol. The van der Waals surface area contributed by atoms with Crippen LogP contribution in [0.5, 0.6) is 0 Å². The Balaban J connectivity index is 1.85. The van der Waals surface area contributed by atoms with Crippen LogP contribution in [0.2, 0.25) is 0 Å². The highest BCUT2D eigenvalue weighted by Crippen LogP contribution is 2.19. The summed E-state index contributed by atoms with van der Waals surface area (Å²) in [6.45, 7) is 4.95. The Morgan fingerprint density at radius 3 is 2.83 bits per heavy atom. The third-order valence-corrected chi connectivity index (χ3v) is 2.56. The first-order chi connectivity index (χ1) is 5.86. The average Bonchev–Trinajstić information content (AvgIpc) is 2.56. The largest absolute Gasteiger partial charge is 0.375 e. The van der Waals surface area contributed by atoms with E-state index in [2.05, 4.69) is 12.2 Å². The molecule has 2 aliphatic heterocycles. The maximum Gasteiger partial charge on any atom is 0.0964 e. The molecule has 1 N–H and O–H groups in total. The van der Waals surface area contributed by atoms with E-state index < -0.39 is 0 Å². The summed E-state index contributed by atoms with van der Waals surface area (Å²) < 4.78 is 11.4. The molecule has 0 aromatic carbocycles. The molecule has 0 spiro atoms. The van der Waals surface area contributed by atoms with Gasteiger partial charge < -0.3 is 14.8 Å². The van der Waals surface area contributed by atoms with E-state index in [1.165, 1.54) is 12.8 Å². The van der Waals surface area contributed by atoms with Gasteiger partial charge in [-0.15, -0.1) is 0 Å². The molecular formula is C9H17NO2. The van der Waals surface area contributed by atoms with Crippen molar-refractivity contribution in [1.29, 1.82) is 0 Å². The minimum absolute atomic E-state index is 0.288. The third-order valence-electron chi connectivity index (χ3n) is 2.56. The topological polar surface area (TPSA) is 30.5 Å². The molecule has 12 heavy (non-hydrogen) atoms. The van der Waals surface area contributed by atoms with Crippen molar-refractivity contribution < 1.29 is 9.47 Å². The van der Waals surface area contributed by atoms with E-state index in [0.717, 1.165) is 19.7 Å². The lowest BCUT2D eigenvalue weighted by atomic mass is 10.1. The second-order valence-corrected chi connectivity index (χ2v) is 3.69. The molecule has 70 valence electrons. The molecule has 2 rings (SSSR count). The summed E-state index contributed by atoms with van der Waals surface area (Å²) in [5.74, 6) is 0. The summed E-state index contributed by atoms with van der Waals surface area (Å²) >= 11 is 0. The molecule has 3 nitrogen and oxygen atoms in total. The van der Waals surface area contributed by atoms with Gasteiger partial charge in [0.2, 0.25) is 0 Å². The van der Waals surface area contributed by atoms with E-state index in [0.29, 0.717) is 12.2 Å². The normalized spacial score (nSPS) is 43.2. The number of ether oxygens (including phenoxy) is 2. The molecule has 3 unspecified atom stereocenters. The Kier molecular flexibility index (Phi) is 2.63. The predicted octanol–water partition coefficient (Wildman–Crippen LogP) is 0.542. The fraction of sp³-hybridized carbons (Fsp3) is 1.00. The van der Waals surface area contributed by atoms with Crippen LogP contribution < -0.4 is 5.32 Å². The van der Waals surface area contributed by atoms with Crippen LogP contribution in [0.15, 0.2) is 0 Å². The lowest BCUT2D eigenvalue weighted by Crippen LogP contribution is -2.48. The molecule has 3 atom stereocenters. The summed E-state index contributed by atoms with van der Waals surface area (Å²) in [5.41, 5.74) is 0. The third kappa shape index (κ3) is 1.79. The lowest BCUT2D eigenvalue weighted by Gasteiger charge is -2.31. The molecule has 2 fully saturated rings. The second-order valence-electron chi connectivity index (χ2n) is 3.69. The van der Waals surface area contributed by atoms with Gasteiger partial charge in [0.15, 0.2) is 0 Å². The van der Waals surface area contributed by atoms with Gasteiger partial charge >= 0.3 is 0 Å². The van der Waals surface area contributed by atoms with Crippen LogP contribution >= 0.6 is 0 Å². The van der Waals surface area contributed by atoms with Gasteiger partial charge in [0.05, 0.1) is 18.3 Å². The Labute approximate surface area is 73.4 Å². The SMILES string of the molecule is CC1CNCC(C2CCCO2)O1. The Morgan fingerprint density at radius 1 is 1.25 bits per heavy atom. The summed E-state index contributed by atoms with van der Waals surface area (Å²) in [4.78, 5) is 0. The maximum atomic E-state index is 5.78. The summed E-state index contributed by atoms with van der Waals surface area (Å²) in [7, 11) is 0. The molecule has 0 aromatic heterocycles. The molecule has 0 aromatic rings. The van der Waals surface area contributed by atoms with E-state index in [-0.39, 0.29) is 6.10 Å². The molecule has 0 radical (unpaired) electrons. The van der Waals surface area contributed by atoms with Crippen LogP contribution in [-0.4, -0.2) is 38.0 Å². The van der Waals surface area contributed by atoms with Gasteiger partial charge in [0.25, 0.3) is 0 Å². The number of nitrogens with one attached hydrogen (secondary N) is 1. The summed E-state index contributed by atoms with van der Waals surface area (Å²) in [6.07, 6.45) is 3.34. The zero-order valence-corrected chi connectivity index (χ0v) is 7.58. The molecule has 2 saturated heterocycles. The van der Waals surface area contributed by atoms with Gasteiger partial charge in [-0.05, 0) is 19.8 Å². The van der Waals surface area contributed by atoms with Crippen LogP contribution in [0, 0.1) is 0 Å². The van der Waals surface area contributed by atoms with E-state index >= 15 is 0 Å². The first-order valence-electron chi connectivity index (χ1n) is 4.84. The molecule has 0 saturated carbocycles. The Morgan fingerprint density at radius 2 is 2.17 bits per heavy atom. The average molecular weight is 171 g/mol. The molecule has 0 amide bonds. The van der Waals surface area contributed by atoms with Gasteiger partial charge in [-0.1, -0.05) is 0 Å². The smallest absolute Gasteiger partial charge is 0.0964 e. The highest BCUT2D eigenvalue weighted by molar-refractivity contribution is 4.81. The highest BCUT2D eigenvalue weighted by Gasteiger charge is 2.30. The van der Waals surface area contributed by atoms with Crippen LogP contribution in [0.4, 0.5) is 0 Å². The molecule has 3 heteroatoms.